The van der Waals surface area contributed by atoms with Crippen LogP contribution < -0.4 is 10.6 Å². The van der Waals surface area contributed by atoms with E-state index < -0.39 is 0 Å². The predicted molar refractivity (Wildman–Crippen MR) is 124 cm³/mol. The van der Waals surface area contributed by atoms with E-state index in [-0.39, 0.29) is 17.5 Å². The average Bonchev–Trinajstić information content (AvgIpc) is 3.35. The van der Waals surface area contributed by atoms with E-state index in [4.69, 9.17) is 4.74 Å². The molecule has 0 saturated heterocycles. The fourth-order valence-corrected chi connectivity index (χ4v) is 3.57. The zero-order chi connectivity index (χ0) is 23.0. The summed E-state index contributed by atoms with van der Waals surface area (Å²) in [5.41, 5.74) is 2.03. The van der Waals surface area contributed by atoms with Gasteiger partial charge in [-0.05, 0) is 41.0 Å². The third-order valence-electron chi connectivity index (χ3n) is 5.15. The maximum absolute atomic E-state index is 13.2. The van der Waals surface area contributed by atoms with E-state index in [1.807, 2.05) is 30.3 Å². The van der Waals surface area contributed by atoms with Crippen LogP contribution in [0.2, 0.25) is 0 Å². The number of pyridine rings is 1. The predicted octanol–water partition coefficient (Wildman–Crippen LogP) is 2.89. The Balaban J connectivity index is 1.57. The van der Waals surface area contributed by atoms with E-state index in [0.29, 0.717) is 37.4 Å². The molecule has 0 atom stereocenters. The van der Waals surface area contributed by atoms with Crippen LogP contribution in [0.15, 0.2) is 67.1 Å². The summed E-state index contributed by atoms with van der Waals surface area (Å²) in [4.78, 5) is 30.0. The number of amides is 2. The van der Waals surface area contributed by atoms with Crippen LogP contribution in [0, 0.1) is 0 Å². The number of hydrogen-bond acceptors (Lipinski definition) is 6. The third kappa shape index (κ3) is 5.21. The van der Waals surface area contributed by atoms with Crippen LogP contribution in [-0.2, 0) is 11.3 Å². The summed E-state index contributed by atoms with van der Waals surface area (Å²) in [6.45, 7) is 1.54. The van der Waals surface area contributed by atoms with Crippen LogP contribution in [0.5, 0.6) is 0 Å². The number of carbonyl (C=O) groups is 2. The lowest BCUT2D eigenvalue weighted by molar-refractivity contribution is 0.0944. The number of carbonyl (C=O) groups excluding carboxylic acids is 2. The van der Waals surface area contributed by atoms with Gasteiger partial charge in [0, 0.05) is 38.2 Å². The number of benzene rings is 2. The van der Waals surface area contributed by atoms with Crippen molar-refractivity contribution in [2.24, 2.45) is 0 Å². The smallest absolute Gasteiger partial charge is 0.272 e. The van der Waals surface area contributed by atoms with Crippen LogP contribution in [0.3, 0.4) is 0 Å². The normalized spacial score (nSPS) is 10.8. The summed E-state index contributed by atoms with van der Waals surface area (Å²) in [7, 11) is 1.61. The fraction of sp³-hybridized carbons (Fsp3) is 0.208. The Bertz CT molecular complexity index is 1260. The van der Waals surface area contributed by atoms with Gasteiger partial charge in [-0.1, -0.05) is 35.5 Å². The second kappa shape index (κ2) is 10.5. The number of aromatic nitrogens is 4. The van der Waals surface area contributed by atoms with Gasteiger partial charge in [-0.2, -0.15) is 0 Å². The molecule has 2 aromatic heterocycles. The Morgan fingerprint density at radius 2 is 1.85 bits per heavy atom. The van der Waals surface area contributed by atoms with Crippen molar-refractivity contribution in [2.75, 3.05) is 25.6 Å². The highest BCUT2D eigenvalue weighted by Crippen LogP contribution is 2.25. The molecule has 2 heterocycles. The molecule has 4 aromatic rings. The first kappa shape index (κ1) is 22.1. The lowest BCUT2D eigenvalue weighted by Crippen LogP contribution is -2.27. The van der Waals surface area contributed by atoms with Crippen LogP contribution >= 0.6 is 0 Å². The van der Waals surface area contributed by atoms with Crippen LogP contribution in [0.25, 0.3) is 10.8 Å². The van der Waals surface area contributed by atoms with Gasteiger partial charge in [0.05, 0.1) is 18.4 Å². The van der Waals surface area contributed by atoms with Gasteiger partial charge in [0.25, 0.3) is 11.8 Å². The highest BCUT2D eigenvalue weighted by Gasteiger charge is 2.17. The molecule has 168 valence electrons. The lowest BCUT2D eigenvalue weighted by Gasteiger charge is -2.13. The van der Waals surface area contributed by atoms with Crippen LogP contribution in [-0.4, -0.2) is 52.1 Å². The van der Waals surface area contributed by atoms with Gasteiger partial charge in [0.15, 0.2) is 5.69 Å². The molecule has 0 spiro atoms. The Hall–Kier alpha value is -4.11. The Kier molecular flexibility index (Phi) is 7.01. The molecule has 4 rings (SSSR count). The molecule has 0 aliphatic heterocycles. The van der Waals surface area contributed by atoms with Crippen LogP contribution in [0.4, 0.5) is 5.69 Å². The summed E-state index contributed by atoms with van der Waals surface area (Å²) in [5, 5.41) is 15.3. The van der Waals surface area contributed by atoms with E-state index in [0.717, 1.165) is 16.3 Å². The van der Waals surface area contributed by atoms with Crippen molar-refractivity contribution in [3.05, 3.63) is 83.9 Å². The van der Waals surface area contributed by atoms with E-state index in [1.54, 1.807) is 42.4 Å². The van der Waals surface area contributed by atoms with Crippen molar-refractivity contribution in [1.29, 1.82) is 0 Å². The number of methoxy groups -OCH3 is 1. The van der Waals surface area contributed by atoms with E-state index in [9.17, 15) is 9.59 Å². The molecular weight excluding hydrogens is 420 g/mol. The van der Waals surface area contributed by atoms with E-state index in [2.05, 4.69) is 25.9 Å². The largest absolute Gasteiger partial charge is 0.385 e. The number of hydrogen-bond donors (Lipinski definition) is 2. The summed E-state index contributed by atoms with van der Waals surface area (Å²) in [6, 6.07) is 14.7. The molecule has 0 saturated carbocycles. The van der Waals surface area contributed by atoms with Crippen molar-refractivity contribution in [3.8, 4) is 0 Å². The summed E-state index contributed by atoms with van der Waals surface area (Å²) < 4.78 is 6.73. The lowest BCUT2D eigenvalue weighted by atomic mass is 9.99. The number of anilines is 1. The standard InChI is InChI=1S/C24H24N6O3/c1-33-15-5-12-26-24(32)22-21(8-4-11-25-22)28-23(31)20-10-9-17(16-30-14-13-27-29-30)18-6-2-3-7-19(18)20/h2-4,6-11,13-14H,5,12,15-16H2,1H3,(H,26,32)(H,28,31). The molecule has 33 heavy (non-hydrogen) atoms. The van der Waals surface area contributed by atoms with Crippen molar-refractivity contribution >= 4 is 28.3 Å². The van der Waals surface area contributed by atoms with Gasteiger partial charge in [-0.25, -0.2) is 9.67 Å². The number of fused-ring (bicyclic) bond motifs is 1. The molecule has 0 radical (unpaired) electrons. The summed E-state index contributed by atoms with van der Waals surface area (Å²) >= 11 is 0. The molecule has 0 unspecified atom stereocenters. The average molecular weight is 444 g/mol. The zero-order valence-electron chi connectivity index (χ0n) is 18.2. The molecule has 9 heteroatoms. The molecule has 0 bridgehead atoms. The first-order valence-electron chi connectivity index (χ1n) is 10.6. The number of nitrogens with zero attached hydrogens (tertiary/aromatic N) is 4. The van der Waals surface area contributed by atoms with Gasteiger partial charge < -0.3 is 15.4 Å². The SMILES string of the molecule is COCCCNC(=O)c1ncccc1NC(=O)c1ccc(Cn2ccnn2)c2ccccc12. The molecule has 0 aliphatic carbocycles. The first-order valence-corrected chi connectivity index (χ1v) is 10.6. The quantitative estimate of drug-likeness (QED) is 0.384. The third-order valence-corrected chi connectivity index (χ3v) is 5.15. The highest BCUT2D eigenvalue weighted by atomic mass is 16.5. The maximum atomic E-state index is 13.2. The fourth-order valence-electron chi connectivity index (χ4n) is 3.57. The van der Waals surface area contributed by atoms with Gasteiger partial charge in [0.2, 0.25) is 0 Å². The monoisotopic (exact) mass is 444 g/mol. The van der Waals surface area contributed by atoms with Gasteiger partial charge in [-0.15, -0.1) is 5.10 Å². The minimum Gasteiger partial charge on any atom is -0.385 e. The van der Waals surface area contributed by atoms with Crippen molar-refractivity contribution < 1.29 is 14.3 Å². The number of nitrogens with one attached hydrogen (secondary N) is 2. The number of ether oxygens (including phenoxy) is 1. The molecular formula is C24H24N6O3. The van der Waals surface area contributed by atoms with Gasteiger partial charge in [0.1, 0.15) is 0 Å². The zero-order valence-corrected chi connectivity index (χ0v) is 18.2. The minimum absolute atomic E-state index is 0.162. The Labute approximate surface area is 190 Å². The van der Waals surface area contributed by atoms with Crippen LogP contribution in [0.1, 0.15) is 32.8 Å². The van der Waals surface area contributed by atoms with Crippen molar-refractivity contribution in [2.45, 2.75) is 13.0 Å². The van der Waals surface area contributed by atoms with Crippen molar-refractivity contribution in [3.63, 3.8) is 0 Å². The van der Waals surface area contributed by atoms with Gasteiger partial charge >= 0.3 is 0 Å². The molecule has 2 aromatic carbocycles. The van der Waals surface area contributed by atoms with Gasteiger partial charge in [-0.3, -0.25) is 9.59 Å². The van der Waals surface area contributed by atoms with Crippen molar-refractivity contribution in [1.82, 2.24) is 25.3 Å². The molecule has 0 fully saturated rings. The summed E-state index contributed by atoms with van der Waals surface area (Å²) in [5.74, 6) is -0.671. The molecule has 0 aliphatic rings. The minimum atomic E-state index is -0.352. The first-order chi connectivity index (χ1) is 16.2. The molecule has 2 N–H and O–H groups in total. The molecule has 9 nitrogen and oxygen atoms in total. The second-order valence-electron chi connectivity index (χ2n) is 7.37. The Morgan fingerprint density at radius 1 is 1.00 bits per heavy atom. The Morgan fingerprint density at radius 3 is 2.64 bits per heavy atom. The second-order valence-corrected chi connectivity index (χ2v) is 7.37. The topological polar surface area (TPSA) is 111 Å². The van der Waals surface area contributed by atoms with E-state index >= 15 is 0 Å². The number of rotatable bonds is 9. The van der Waals surface area contributed by atoms with E-state index in [1.165, 1.54) is 6.20 Å². The summed E-state index contributed by atoms with van der Waals surface area (Å²) in [6.07, 6.45) is 5.63. The molecule has 2 amide bonds. The maximum Gasteiger partial charge on any atom is 0.272 e. The highest BCUT2D eigenvalue weighted by molar-refractivity contribution is 6.15.